The number of hydrogen-bond donors (Lipinski definition) is 1. The molecule has 0 spiro atoms. The van der Waals surface area contributed by atoms with Crippen LogP contribution in [0.15, 0.2) is 51.8 Å². The Balaban J connectivity index is 1.95. The average molecular weight is 485 g/mol. The van der Waals surface area contributed by atoms with Crippen LogP contribution in [0.1, 0.15) is 5.56 Å². The fraction of sp³-hybridized carbons (Fsp3) is 0.263. The Hall–Kier alpha value is -2.46. The number of carbonyl (C=O) groups is 2. The van der Waals surface area contributed by atoms with Gasteiger partial charge < -0.3 is 10.1 Å². The molecule has 1 aliphatic heterocycles. The average Bonchev–Trinajstić information content (AvgIpc) is 2.82. The van der Waals surface area contributed by atoms with Crippen LogP contribution in [0, 0.1) is 11.7 Å². The predicted octanol–water partition coefficient (Wildman–Crippen LogP) is 2.10. The third-order valence-corrected chi connectivity index (χ3v) is 6.82. The first kappa shape index (κ1) is 21.3. The molecule has 0 aliphatic carbocycles. The minimum Gasteiger partial charge on any atom is -0.496 e. The van der Waals surface area contributed by atoms with Gasteiger partial charge in [0.25, 0.3) is 10.0 Å². The number of amides is 2. The molecule has 0 bridgehead atoms. The van der Waals surface area contributed by atoms with Gasteiger partial charge in [0.1, 0.15) is 18.1 Å². The van der Waals surface area contributed by atoms with Gasteiger partial charge in [0.15, 0.2) is 0 Å². The highest BCUT2D eigenvalue weighted by atomic mass is 79.9. The maximum absolute atomic E-state index is 13.7. The fourth-order valence-electron chi connectivity index (χ4n) is 3.06. The van der Waals surface area contributed by atoms with Gasteiger partial charge in [-0.2, -0.15) is 0 Å². The van der Waals surface area contributed by atoms with Gasteiger partial charge >= 0.3 is 0 Å². The van der Waals surface area contributed by atoms with Crippen molar-refractivity contribution in [2.75, 3.05) is 20.2 Å². The van der Waals surface area contributed by atoms with E-state index in [-0.39, 0.29) is 17.9 Å². The molecule has 1 heterocycles. The molecule has 1 unspecified atom stereocenters. The van der Waals surface area contributed by atoms with Crippen LogP contribution in [-0.2, 0) is 26.0 Å². The standard InChI is InChI=1S/C19H18BrFN2O5S/c1-28-17-7-4-15(21)9-12(17)8-13-10-22-18(24)11-23(19(13)25)29(26,27)16-5-2-14(20)3-6-16/h2-7,9,13H,8,10-11H2,1H3,(H,22,24). The molecule has 29 heavy (non-hydrogen) atoms. The second-order valence-electron chi connectivity index (χ2n) is 6.47. The van der Waals surface area contributed by atoms with Crippen LogP contribution >= 0.6 is 15.9 Å². The number of methoxy groups -OCH3 is 1. The van der Waals surface area contributed by atoms with Crippen molar-refractivity contribution in [1.82, 2.24) is 9.62 Å². The van der Waals surface area contributed by atoms with Crippen molar-refractivity contribution in [3.05, 3.63) is 58.3 Å². The zero-order chi connectivity index (χ0) is 21.2. The van der Waals surface area contributed by atoms with Gasteiger partial charge in [0.2, 0.25) is 11.8 Å². The number of halogens is 2. The Morgan fingerprint density at radius 1 is 1.21 bits per heavy atom. The number of benzene rings is 2. The molecule has 2 amide bonds. The number of nitrogens with zero attached hydrogens (tertiary/aromatic N) is 1. The van der Waals surface area contributed by atoms with Gasteiger partial charge in [-0.15, -0.1) is 0 Å². The van der Waals surface area contributed by atoms with Crippen LogP contribution in [0.25, 0.3) is 0 Å². The summed E-state index contributed by atoms with van der Waals surface area (Å²) in [6, 6.07) is 9.64. The van der Waals surface area contributed by atoms with Crippen molar-refractivity contribution < 1.29 is 27.1 Å². The molecule has 10 heteroatoms. The van der Waals surface area contributed by atoms with E-state index < -0.39 is 40.1 Å². The molecule has 2 aromatic rings. The molecule has 2 aromatic carbocycles. The Bertz CT molecular complexity index is 1040. The molecule has 0 saturated carbocycles. The van der Waals surface area contributed by atoms with Crippen LogP contribution in [0.5, 0.6) is 5.75 Å². The Morgan fingerprint density at radius 3 is 2.55 bits per heavy atom. The SMILES string of the molecule is COc1ccc(F)cc1CC1CNC(=O)CN(S(=O)(=O)c2ccc(Br)cc2)C1=O. The molecule has 0 aromatic heterocycles. The van der Waals surface area contributed by atoms with Gasteiger partial charge in [-0.25, -0.2) is 17.1 Å². The highest BCUT2D eigenvalue weighted by Crippen LogP contribution is 2.26. The zero-order valence-electron chi connectivity index (χ0n) is 15.4. The lowest BCUT2D eigenvalue weighted by Crippen LogP contribution is -2.42. The van der Waals surface area contributed by atoms with E-state index in [1.54, 1.807) is 0 Å². The number of carbonyl (C=O) groups excluding carboxylic acids is 2. The topological polar surface area (TPSA) is 92.8 Å². The second-order valence-corrected chi connectivity index (χ2v) is 9.24. The molecule has 1 atom stereocenters. The number of hydrogen-bond acceptors (Lipinski definition) is 5. The molecule has 154 valence electrons. The second kappa shape index (κ2) is 8.50. The maximum atomic E-state index is 13.7. The van der Waals surface area contributed by atoms with E-state index >= 15 is 0 Å². The van der Waals surface area contributed by atoms with Crippen LogP contribution < -0.4 is 10.1 Å². The third-order valence-electron chi connectivity index (χ3n) is 4.54. The first-order valence-corrected chi connectivity index (χ1v) is 10.9. The van der Waals surface area contributed by atoms with Crippen molar-refractivity contribution in [3.8, 4) is 5.75 Å². The number of ether oxygens (including phenoxy) is 1. The fourth-order valence-corrected chi connectivity index (χ4v) is 4.73. The highest BCUT2D eigenvalue weighted by molar-refractivity contribution is 9.10. The largest absolute Gasteiger partial charge is 0.496 e. The monoisotopic (exact) mass is 484 g/mol. The molecular weight excluding hydrogens is 467 g/mol. The lowest BCUT2D eigenvalue weighted by Gasteiger charge is -2.23. The number of rotatable bonds is 5. The molecule has 1 aliphatic rings. The van der Waals surface area contributed by atoms with Crippen molar-refractivity contribution in [2.45, 2.75) is 11.3 Å². The third kappa shape index (κ3) is 4.59. The van der Waals surface area contributed by atoms with Crippen LogP contribution in [0.2, 0.25) is 0 Å². The lowest BCUT2D eigenvalue weighted by molar-refractivity contribution is -0.131. The summed E-state index contributed by atoms with van der Waals surface area (Å²) in [4.78, 5) is 25.1. The summed E-state index contributed by atoms with van der Waals surface area (Å²) in [5.41, 5.74) is 0.406. The van der Waals surface area contributed by atoms with E-state index in [9.17, 15) is 22.4 Å². The Morgan fingerprint density at radius 2 is 1.90 bits per heavy atom. The molecule has 7 nitrogen and oxygen atoms in total. The molecule has 1 saturated heterocycles. The Labute approximate surface area is 176 Å². The molecule has 1 N–H and O–H groups in total. The van der Waals surface area contributed by atoms with Gasteiger partial charge in [0.05, 0.1) is 17.9 Å². The van der Waals surface area contributed by atoms with Gasteiger partial charge in [-0.05, 0) is 54.4 Å². The molecule has 1 fully saturated rings. The van der Waals surface area contributed by atoms with E-state index in [0.29, 0.717) is 20.1 Å². The smallest absolute Gasteiger partial charge is 0.266 e. The van der Waals surface area contributed by atoms with Crippen molar-refractivity contribution in [2.24, 2.45) is 5.92 Å². The first-order chi connectivity index (χ1) is 13.7. The summed E-state index contributed by atoms with van der Waals surface area (Å²) in [5, 5.41) is 2.55. The van der Waals surface area contributed by atoms with Crippen LogP contribution in [0.4, 0.5) is 4.39 Å². The van der Waals surface area contributed by atoms with E-state index in [4.69, 9.17) is 4.74 Å². The van der Waals surface area contributed by atoms with E-state index in [1.807, 2.05) is 0 Å². The zero-order valence-corrected chi connectivity index (χ0v) is 17.8. The Kier molecular flexibility index (Phi) is 6.23. The summed E-state index contributed by atoms with van der Waals surface area (Å²) >= 11 is 3.23. The predicted molar refractivity (Wildman–Crippen MR) is 106 cm³/mol. The molecule has 3 rings (SSSR count). The van der Waals surface area contributed by atoms with Gasteiger partial charge in [-0.1, -0.05) is 15.9 Å². The quantitative estimate of drug-likeness (QED) is 0.701. The lowest BCUT2D eigenvalue weighted by atomic mass is 9.97. The van der Waals surface area contributed by atoms with Crippen LogP contribution in [-0.4, -0.2) is 44.7 Å². The van der Waals surface area contributed by atoms with Crippen molar-refractivity contribution in [3.63, 3.8) is 0 Å². The van der Waals surface area contributed by atoms with E-state index in [1.165, 1.54) is 49.6 Å². The minimum absolute atomic E-state index is 0.00635. The summed E-state index contributed by atoms with van der Waals surface area (Å²) in [6.45, 7) is -0.683. The first-order valence-electron chi connectivity index (χ1n) is 8.63. The summed E-state index contributed by atoms with van der Waals surface area (Å²) in [7, 11) is -2.82. The number of sulfonamides is 1. The van der Waals surface area contributed by atoms with Crippen LogP contribution in [0.3, 0.4) is 0 Å². The summed E-state index contributed by atoms with van der Waals surface area (Å²) < 4.78 is 46.1. The molecule has 0 radical (unpaired) electrons. The number of nitrogens with one attached hydrogen (secondary N) is 1. The minimum atomic E-state index is -4.24. The maximum Gasteiger partial charge on any atom is 0.266 e. The van der Waals surface area contributed by atoms with Crippen molar-refractivity contribution >= 4 is 37.8 Å². The normalized spacial score (nSPS) is 17.6. The van der Waals surface area contributed by atoms with Gasteiger partial charge in [0, 0.05) is 11.0 Å². The summed E-state index contributed by atoms with van der Waals surface area (Å²) in [5.74, 6) is -2.37. The van der Waals surface area contributed by atoms with E-state index in [0.717, 1.165) is 0 Å². The summed E-state index contributed by atoms with van der Waals surface area (Å²) in [6.07, 6.45) is 0.00635. The molecular formula is C19H18BrFN2O5S. The van der Waals surface area contributed by atoms with Gasteiger partial charge in [-0.3, -0.25) is 9.59 Å². The highest BCUT2D eigenvalue weighted by Gasteiger charge is 2.38. The van der Waals surface area contributed by atoms with E-state index in [2.05, 4.69) is 21.2 Å². The van der Waals surface area contributed by atoms with Crippen molar-refractivity contribution in [1.29, 1.82) is 0 Å².